The number of nitrogens with zero attached hydrogens (tertiary/aromatic N) is 2. The zero-order valence-corrected chi connectivity index (χ0v) is 16.6. The number of fused-ring (bicyclic) bond motifs is 1. The number of hydrogen-bond acceptors (Lipinski definition) is 4. The molecule has 1 aromatic carbocycles. The molecule has 0 bridgehead atoms. The van der Waals surface area contributed by atoms with E-state index in [1.54, 1.807) is 24.3 Å². The molecule has 0 saturated carbocycles. The Morgan fingerprint density at radius 1 is 1.14 bits per heavy atom. The van der Waals surface area contributed by atoms with E-state index in [1.807, 2.05) is 27.7 Å². The minimum Gasteiger partial charge on any atom is -0.368 e. The number of carbonyl (C=O) groups excluding carboxylic acids is 3. The molecule has 1 heterocycles. The van der Waals surface area contributed by atoms with Gasteiger partial charge in [-0.2, -0.15) is 0 Å². The van der Waals surface area contributed by atoms with E-state index in [9.17, 15) is 19.2 Å². The summed E-state index contributed by atoms with van der Waals surface area (Å²) in [7, 11) is 0. The highest BCUT2D eigenvalue weighted by Crippen LogP contribution is 2.22. The molecule has 2 aromatic rings. The van der Waals surface area contributed by atoms with Gasteiger partial charge in [-0.1, -0.05) is 32.9 Å². The molecule has 1 aromatic heterocycles. The number of para-hydroxylation sites is 2. The Labute approximate surface area is 162 Å². The molecule has 0 unspecified atom stereocenters. The molecule has 0 aliphatic heterocycles. The second kappa shape index (κ2) is 8.28. The van der Waals surface area contributed by atoms with Gasteiger partial charge in [-0.25, -0.2) is 14.2 Å². The second-order valence-electron chi connectivity index (χ2n) is 7.67. The van der Waals surface area contributed by atoms with Crippen LogP contribution in [0.3, 0.4) is 0 Å². The number of hydrogen-bond donors (Lipinski definition) is 3. The number of imidazole rings is 1. The van der Waals surface area contributed by atoms with Gasteiger partial charge in [-0.3, -0.25) is 14.2 Å². The molecular formula is C19H27N5O4. The zero-order chi connectivity index (χ0) is 21.1. The third kappa shape index (κ3) is 4.59. The average Bonchev–Trinajstić information content (AvgIpc) is 2.89. The molecule has 152 valence electrons. The molecule has 9 nitrogen and oxygen atoms in total. The van der Waals surface area contributed by atoms with Crippen LogP contribution in [-0.2, 0) is 16.1 Å². The fraction of sp³-hybridized carbons (Fsp3) is 0.474. The standard InChI is InChI=1S/C19H27N5O4/c1-5-23-12-8-6-7-9-13(12)24(18(23)28)17(27)22-14(19(2,3)4)10-16(26)21-11-15(20)25/h6-9,14H,5,10-11H2,1-4H3,(H2,20,25)(H,21,26)(H,22,27)/t14-/m1/s1. The summed E-state index contributed by atoms with van der Waals surface area (Å²) in [5, 5.41) is 5.21. The van der Waals surface area contributed by atoms with Crippen LogP contribution in [0.4, 0.5) is 4.79 Å². The average molecular weight is 389 g/mol. The van der Waals surface area contributed by atoms with Crippen LogP contribution in [0.1, 0.15) is 34.1 Å². The second-order valence-corrected chi connectivity index (χ2v) is 7.67. The Kier molecular flexibility index (Phi) is 6.27. The third-order valence-corrected chi connectivity index (χ3v) is 4.55. The van der Waals surface area contributed by atoms with Gasteiger partial charge in [-0.15, -0.1) is 0 Å². The van der Waals surface area contributed by atoms with E-state index in [1.165, 1.54) is 4.57 Å². The number of carbonyl (C=O) groups is 3. The fourth-order valence-electron chi connectivity index (χ4n) is 2.94. The lowest BCUT2D eigenvalue weighted by Crippen LogP contribution is -2.50. The van der Waals surface area contributed by atoms with Crippen molar-refractivity contribution in [3.05, 3.63) is 34.7 Å². The zero-order valence-electron chi connectivity index (χ0n) is 16.6. The maximum Gasteiger partial charge on any atom is 0.337 e. The molecular weight excluding hydrogens is 362 g/mol. The quantitative estimate of drug-likeness (QED) is 0.674. The number of aryl methyl sites for hydroxylation is 1. The molecule has 2 rings (SSSR count). The number of primary amides is 1. The van der Waals surface area contributed by atoms with E-state index >= 15 is 0 Å². The summed E-state index contributed by atoms with van der Waals surface area (Å²) in [6, 6.07) is 5.87. The largest absolute Gasteiger partial charge is 0.368 e. The Balaban J connectivity index is 2.31. The normalized spacial score (nSPS) is 12.6. The number of aromatic nitrogens is 2. The highest BCUT2D eigenvalue weighted by atomic mass is 16.2. The minimum absolute atomic E-state index is 0.0519. The lowest BCUT2D eigenvalue weighted by Gasteiger charge is -2.31. The van der Waals surface area contributed by atoms with Crippen molar-refractivity contribution in [3.8, 4) is 0 Å². The number of benzene rings is 1. The van der Waals surface area contributed by atoms with E-state index in [2.05, 4.69) is 10.6 Å². The first-order valence-corrected chi connectivity index (χ1v) is 9.12. The van der Waals surface area contributed by atoms with Crippen LogP contribution < -0.4 is 22.1 Å². The van der Waals surface area contributed by atoms with Gasteiger partial charge in [0.1, 0.15) is 0 Å². The molecule has 0 saturated heterocycles. The van der Waals surface area contributed by atoms with Gasteiger partial charge in [-0.05, 0) is 24.5 Å². The van der Waals surface area contributed by atoms with Crippen molar-refractivity contribution in [2.24, 2.45) is 11.1 Å². The predicted molar refractivity (Wildman–Crippen MR) is 106 cm³/mol. The summed E-state index contributed by atoms with van der Waals surface area (Å²) in [6.07, 6.45) is -0.0519. The van der Waals surface area contributed by atoms with E-state index < -0.39 is 35.0 Å². The van der Waals surface area contributed by atoms with Crippen molar-refractivity contribution in [2.45, 2.75) is 46.7 Å². The van der Waals surface area contributed by atoms with Gasteiger partial charge < -0.3 is 16.4 Å². The van der Waals surface area contributed by atoms with Gasteiger partial charge >= 0.3 is 11.7 Å². The first-order valence-electron chi connectivity index (χ1n) is 9.12. The topological polar surface area (TPSA) is 128 Å². The Morgan fingerprint density at radius 3 is 2.29 bits per heavy atom. The lowest BCUT2D eigenvalue weighted by atomic mass is 9.84. The van der Waals surface area contributed by atoms with Crippen LogP contribution >= 0.6 is 0 Å². The first kappa shape index (κ1) is 21.2. The Hall–Kier alpha value is -3.10. The van der Waals surface area contributed by atoms with E-state index in [0.717, 1.165) is 4.57 Å². The molecule has 0 fully saturated rings. The van der Waals surface area contributed by atoms with Gasteiger partial charge in [0.2, 0.25) is 11.8 Å². The molecule has 9 heteroatoms. The van der Waals surface area contributed by atoms with Gasteiger partial charge in [0, 0.05) is 19.0 Å². The van der Waals surface area contributed by atoms with Crippen molar-refractivity contribution >= 4 is 28.9 Å². The van der Waals surface area contributed by atoms with Gasteiger partial charge in [0.05, 0.1) is 17.6 Å². The van der Waals surface area contributed by atoms with Crippen LogP contribution in [0.5, 0.6) is 0 Å². The van der Waals surface area contributed by atoms with Crippen molar-refractivity contribution in [2.75, 3.05) is 6.54 Å². The molecule has 0 radical (unpaired) electrons. The SMILES string of the molecule is CCn1c(=O)n(C(=O)N[C@H](CC(=O)NCC(N)=O)C(C)(C)C)c2ccccc21. The molecule has 28 heavy (non-hydrogen) atoms. The molecule has 1 atom stereocenters. The number of rotatable bonds is 6. The van der Waals surface area contributed by atoms with Crippen LogP contribution in [0, 0.1) is 5.41 Å². The Morgan fingerprint density at radius 2 is 1.75 bits per heavy atom. The summed E-state index contributed by atoms with van der Waals surface area (Å²) >= 11 is 0. The number of amides is 3. The van der Waals surface area contributed by atoms with Gasteiger partial charge in [0.15, 0.2) is 0 Å². The maximum absolute atomic E-state index is 12.9. The molecule has 3 amide bonds. The van der Waals surface area contributed by atoms with Crippen LogP contribution in [0.15, 0.2) is 29.1 Å². The fourth-order valence-corrected chi connectivity index (χ4v) is 2.94. The van der Waals surface area contributed by atoms with E-state index in [-0.39, 0.29) is 13.0 Å². The van der Waals surface area contributed by atoms with Crippen molar-refractivity contribution < 1.29 is 14.4 Å². The summed E-state index contributed by atoms with van der Waals surface area (Å²) in [4.78, 5) is 48.6. The molecule has 4 N–H and O–H groups in total. The summed E-state index contributed by atoms with van der Waals surface area (Å²) < 4.78 is 2.60. The Bertz CT molecular complexity index is 951. The van der Waals surface area contributed by atoms with Gasteiger partial charge in [0.25, 0.3) is 0 Å². The van der Waals surface area contributed by atoms with E-state index in [0.29, 0.717) is 17.6 Å². The molecule has 0 aliphatic carbocycles. The summed E-state index contributed by atoms with van der Waals surface area (Å²) in [5.74, 6) is -1.06. The van der Waals surface area contributed by atoms with E-state index in [4.69, 9.17) is 5.73 Å². The number of nitrogens with one attached hydrogen (secondary N) is 2. The van der Waals surface area contributed by atoms with Crippen LogP contribution in [0.2, 0.25) is 0 Å². The van der Waals surface area contributed by atoms with Crippen LogP contribution in [0.25, 0.3) is 11.0 Å². The predicted octanol–water partition coefficient (Wildman–Crippen LogP) is 0.787. The highest BCUT2D eigenvalue weighted by molar-refractivity contribution is 5.90. The first-order chi connectivity index (χ1) is 13.1. The van der Waals surface area contributed by atoms with Crippen molar-refractivity contribution in [1.82, 2.24) is 19.8 Å². The van der Waals surface area contributed by atoms with Crippen LogP contribution in [-0.4, -0.2) is 39.6 Å². The third-order valence-electron chi connectivity index (χ3n) is 4.55. The maximum atomic E-state index is 12.9. The summed E-state index contributed by atoms with van der Waals surface area (Å²) in [6.45, 7) is 7.61. The molecule has 0 spiro atoms. The van der Waals surface area contributed by atoms with Crippen molar-refractivity contribution in [1.29, 1.82) is 0 Å². The summed E-state index contributed by atoms with van der Waals surface area (Å²) in [5.41, 5.74) is 5.29. The monoisotopic (exact) mass is 389 g/mol. The molecule has 0 aliphatic rings. The number of nitrogens with two attached hydrogens (primary N) is 1. The highest BCUT2D eigenvalue weighted by Gasteiger charge is 2.30. The smallest absolute Gasteiger partial charge is 0.337 e. The minimum atomic E-state index is -0.649. The lowest BCUT2D eigenvalue weighted by molar-refractivity contribution is -0.125. The van der Waals surface area contributed by atoms with Crippen molar-refractivity contribution in [3.63, 3.8) is 0 Å².